The van der Waals surface area contributed by atoms with Gasteiger partial charge >= 0.3 is 6.03 Å². The highest BCUT2D eigenvalue weighted by atomic mass is 32.2. The minimum Gasteiger partial charge on any atom is -0.494 e. The summed E-state index contributed by atoms with van der Waals surface area (Å²) < 4.78 is 47.5. The van der Waals surface area contributed by atoms with Crippen LogP contribution in [0.1, 0.15) is 6.92 Å². The van der Waals surface area contributed by atoms with Crippen molar-refractivity contribution < 1.29 is 27.1 Å². The van der Waals surface area contributed by atoms with Crippen LogP contribution >= 0.6 is 0 Å². The Morgan fingerprint density at radius 1 is 0.857 bits per heavy atom. The number of carbonyl (C=O) groups excluding carboxylic acids is 2. The number of benzene rings is 3. The third-order valence-electron chi connectivity index (χ3n) is 7.45. The van der Waals surface area contributed by atoms with Crippen LogP contribution in [0.4, 0.5) is 20.6 Å². The lowest BCUT2D eigenvalue weighted by molar-refractivity contribution is -0.137. The normalized spacial score (nSPS) is 18.0. The molecule has 5 rings (SSSR count). The zero-order chi connectivity index (χ0) is 29.7. The van der Waals surface area contributed by atoms with Gasteiger partial charge in [0.05, 0.1) is 11.5 Å². The van der Waals surface area contributed by atoms with E-state index in [1.807, 2.05) is 37.3 Å². The SMILES string of the molecule is CCOc1ccc(NC(=O)N2CCN(S(=O)(=O)c3ccc(F)cc3)C(C(=O)N3CCN(c4ccccc4)CC3)C2)cc1. The first-order chi connectivity index (χ1) is 20.3. The molecule has 0 aromatic heterocycles. The number of piperazine rings is 2. The van der Waals surface area contributed by atoms with Gasteiger partial charge in [0, 0.05) is 57.2 Å². The van der Waals surface area contributed by atoms with Crippen molar-refractivity contribution in [2.45, 2.75) is 17.9 Å². The second-order valence-electron chi connectivity index (χ2n) is 10.1. The Bertz CT molecular complexity index is 1480. The largest absolute Gasteiger partial charge is 0.494 e. The lowest BCUT2D eigenvalue weighted by Crippen LogP contribution is -2.63. The first-order valence-corrected chi connectivity index (χ1v) is 15.4. The van der Waals surface area contributed by atoms with Crippen LogP contribution in [0.25, 0.3) is 0 Å². The van der Waals surface area contributed by atoms with E-state index in [9.17, 15) is 22.4 Å². The molecule has 1 unspecified atom stereocenters. The predicted octanol–water partition coefficient (Wildman–Crippen LogP) is 3.48. The number of nitrogens with one attached hydrogen (secondary N) is 1. The van der Waals surface area contributed by atoms with Gasteiger partial charge in [0.1, 0.15) is 17.6 Å². The molecule has 2 heterocycles. The van der Waals surface area contributed by atoms with Crippen LogP contribution in [0.2, 0.25) is 0 Å². The van der Waals surface area contributed by atoms with Gasteiger partial charge in [-0.3, -0.25) is 4.79 Å². The fraction of sp³-hybridized carbons (Fsp3) is 0.333. The number of urea groups is 1. The van der Waals surface area contributed by atoms with Gasteiger partial charge in [-0.25, -0.2) is 17.6 Å². The van der Waals surface area contributed by atoms with Gasteiger partial charge in [-0.05, 0) is 67.6 Å². The third kappa shape index (κ3) is 6.50. The second kappa shape index (κ2) is 12.8. The number of para-hydroxylation sites is 1. The molecule has 0 spiro atoms. The van der Waals surface area contributed by atoms with Crippen LogP contribution in [0.15, 0.2) is 83.8 Å². The maximum Gasteiger partial charge on any atom is 0.321 e. The fourth-order valence-corrected chi connectivity index (χ4v) is 6.78. The van der Waals surface area contributed by atoms with E-state index >= 15 is 0 Å². The van der Waals surface area contributed by atoms with Crippen molar-refractivity contribution in [1.82, 2.24) is 14.1 Å². The monoisotopic (exact) mass is 595 g/mol. The summed E-state index contributed by atoms with van der Waals surface area (Å²) in [4.78, 5) is 32.3. The average molecular weight is 596 g/mol. The summed E-state index contributed by atoms with van der Waals surface area (Å²) in [5.41, 5.74) is 1.60. The highest BCUT2D eigenvalue weighted by Crippen LogP contribution is 2.25. The molecule has 10 nitrogen and oxygen atoms in total. The van der Waals surface area contributed by atoms with Crippen LogP contribution < -0.4 is 15.0 Å². The number of nitrogens with zero attached hydrogens (tertiary/aromatic N) is 4. The molecule has 1 atom stereocenters. The molecule has 3 amide bonds. The Hall–Kier alpha value is -4.16. The van der Waals surface area contributed by atoms with Gasteiger partial charge in [0.2, 0.25) is 15.9 Å². The molecular formula is C30H34FN5O5S. The molecule has 2 aliphatic heterocycles. The van der Waals surface area contributed by atoms with Gasteiger partial charge in [-0.2, -0.15) is 4.31 Å². The minimum atomic E-state index is -4.15. The van der Waals surface area contributed by atoms with E-state index in [0.29, 0.717) is 44.2 Å². The minimum absolute atomic E-state index is 0.0782. The third-order valence-corrected chi connectivity index (χ3v) is 9.38. The van der Waals surface area contributed by atoms with Crippen LogP contribution in [0, 0.1) is 5.82 Å². The maximum atomic E-state index is 13.9. The summed E-state index contributed by atoms with van der Waals surface area (Å²) in [6.45, 7) is 4.27. The fourth-order valence-electron chi connectivity index (χ4n) is 5.22. The van der Waals surface area contributed by atoms with Gasteiger partial charge in [0.15, 0.2) is 0 Å². The average Bonchev–Trinajstić information content (AvgIpc) is 3.02. The summed E-state index contributed by atoms with van der Waals surface area (Å²) in [6, 6.07) is 19.8. The van der Waals surface area contributed by atoms with Gasteiger partial charge < -0.3 is 24.8 Å². The molecular weight excluding hydrogens is 561 g/mol. The molecule has 0 bridgehead atoms. The first-order valence-electron chi connectivity index (χ1n) is 13.9. The molecule has 0 radical (unpaired) electrons. The van der Waals surface area contributed by atoms with Gasteiger partial charge in [-0.15, -0.1) is 0 Å². The number of sulfonamides is 1. The standard InChI is InChI=1S/C30H34FN5O5S/c1-2-41-26-12-10-24(11-13-26)32-30(38)35-20-21-36(42(39,40)27-14-8-23(31)9-15-27)28(22-35)29(37)34-18-16-33(17-19-34)25-6-4-3-5-7-25/h3-15,28H,2,16-22H2,1H3,(H,32,38). The zero-order valence-electron chi connectivity index (χ0n) is 23.4. The predicted molar refractivity (Wildman–Crippen MR) is 158 cm³/mol. The number of carbonyl (C=O) groups is 2. The lowest BCUT2D eigenvalue weighted by atomic mass is 10.1. The van der Waals surface area contributed by atoms with Crippen LogP contribution in [-0.2, 0) is 14.8 Å². The number of anilines is 2. The van der Waals surface area contributed by atoms with Crippen molar-refractivity contribution in [3.63, 3.8) is 0 Å². The molecule has 222 valence electrons. The number of hydrogen-bond donors (Lipinski definition) is 1. The Balaban J connectivity index is 1.34. The van der Waals surface area contributed by atoms with Crippen LogP contribution in [0.3, 0.4) is 0 Å². The maximum absolute atomic E-state index is 13.9. The number of ether oxygens (including phenoxy) is 1. The molecule has 0 saturated carbocycles. The summed E-state index contributed by atoms with van der Waals surface area (Å²) >= 11 is 0. The van der Waals surface area contributed by atoms with E-state index in [0.717, 1.165) is 22.1 Å². The number of amides is 3. The Morgan fingerprint density at radius 2 is 1.50 bits per heavy atom. The van der Waals surface area contributed by atoms with E-state index in [2.05, 4.69) is 10.2 Å². The molecule has 0 aliphatic carbocycles. The Morgan fingerprint density at radius 3 is 2.14 bits per heavy atom. The first kappa shape index (κ1) is 29.3. The van der Waals surface area contributed by atoms with Crippen molar-refractivity contribution in [2.75, 3.05) is 62.6 Å². The van der Waals surface area contributed by atoms with E-state index in [1.165, 1.54) is 17.0 Å². The van der Waals surface area contributed by atoms with Crippen molar-refractivity contribution in [2.24, 2.45) is 0 Å². The van der Waals surface area contributed by atoms with Crippen molar-refractivity contribution in [3.8, 4) is 5.75 Å². The number of rotatable bonds is 7. The summed E-state index contributed by atoms with van der Waals surface area (Å²) in [5.74, 6) is -0.256. The van der Waals surface area contributed by atoms with E-state index in [-0.39, 0.29) is 30.4 Å². The molecule has 42 heavy (non-hydrogen) atoms. The van der Waals surface area contributed by atoms with Crippen LogP contribution in [0.5, 0.6) is 5.75 Å². The van der Waals surface area contributed by atoms with E-state index in [1.54, 1.807) is 29.2 Å². The summed E-state index contributed by atoms with van der Waals surface area (Å²) in [7, 11) is -4.15. The topological polar surface area (TPSA) is 102 Å². The number of halogens is 1. The molecule has 2 fully saturated rings. The quantitative estimate of drug-likeness (QED) is 0.449. The highest BCUT2D eigenvalue weighted by Gasteiger charge is 2.43. The molecule has 12 heteroatoms. The molecule has 2 aliphatic rings. The van der Waals surface area contributed by atoms with E-state index in [4.69, 9.17) is 4.74 Å². The Kier molecular flexibility index (Phi) is 8.93. The highest BCUT2D eigenvalue weighted by molar-refractivity contribution is 7.89. The van der Waals surface area contributed by atoms with Gasteiger partial charge in [0.25, 0.3) is 0 Å². The molecule has 2 saturated heterocycles. The second-order valence-corrected chi connectivity index (χ2v) is 12.0. The lowest BCUT2D eigenvalue weighted by Gasteiger charge is -2.43. The summed E-state index contributed by atoms with van der Waals surface area (Å²) in [5, 5.41) is 2.83. The van der Waals surface area contributed by atoms with E-state index < -0.39 is 27.9 Å². The van der Waals surface area contributed by atoms with Crippen molar-refractivity contribution >= 4 is 33.3 Å². The summed E-state index contributed by atoms with van der Waals surface area (Å²) in [6.07, 6.45) is 0. The number of hydrogen-bond acceptors (Lipinski definition) is 6. The van der Waals surface area contributed by atoms with Crippen LogP contribution in [-0.4, -0.2) is 92.9 Å². The molecule has 1 N–H and O–H groups in total. The molecule has 3 aromatic carbocycles. The molecule has 3 aromatic rings. The smallest absolute Gasteiger partial charge is 0.321 e. The Labute approximate surface area is 245 Å². The van der Waals surface area contributed by atoms with Crippen molar-refractivity contribution in [1.29, 1.82) is 0 Å². The van der Waals surface area contributed by atoms with Crippen molar-refractivity contribution in [3.05, 3.63) is 84.7 Å². The zero-order valence-corrected chi connectivity index (χ0v) is 24.2. The van der Waals surface area contributed by atoms with Gasteiger partial charge in [-0.1, -0.05) is 18.2 Å².